The zero-order chi connectivity index (χ0) is 14.8. The third kappa shape index (κ3) is 2.62. The Labute approximate surface area is 134 Å². The van der Waals surface area contributed by atoms with Crippen LogP contribution in [0.5, 0.6) is 0 Å². The molecule has 1 aliphatic rings. The number of hydrogen-bond donors (Lipinski definition) is 0. The Morgan fingerprint density at radius 2 is 1.86 bits per heavy atom. The lowest BCUT2D eigenvalue weighted by atomic mass is 10.1. The van der Waals surface area contributed by atoms with Crippen LogP contribution in [-0.4, -0.2) is 23.1 Å². The highest BCUT2D eigenvalue weighted by atomic mass is 32.1. The monoisotopic (exact) mass is 307 g/mol. The highest BCUT2D eigenvalue weighted by Gasteiger charge is 2.13. The minimum atomic E-state index is 1.02. The fraction of sp³-hybridized carbons (Fsp3) is 0.222. The Morgan fingerprint density at radius 1 is 1.00 bits per heavy atom. The van der Waals surface area contributed by atoms with Gasteiger partial charge in [-0.15, -0.1) is 11.3 Å². The number of anilines is 1. The molecule has 22 heavy (non-hydrogen) atoms. The first-order chi connectivity index (χ1) is 10.9. The molecule has 1 aliphatic heterocycles. The molecule has 0 radical (unpaired) electrons. The molecule has 3 heterocycles. The van der Waals surface area contributed by atoms with Gasteiger partial charge >= 0.3 is 0 Å². The zero-order valence-electron chi connectivity index (χ0n) is 12.3. The molecule has 4 heteroatoms. The molecule has 3 nitrogen and oxygen atoms in total. The maximum absolute atomic E-state index is 4.78. The van der Waals surface area contributed by atoms with Crippen LogP contribution in [0, 0.1) is 0 Å². The van der Waals surface area contributed by atoms with Crippen molar-refractivity contribution in [1.29, 1.82) is 0 Å². The summed E-state index contributed by atoms with van der Waals surface area (Å²) in [5, 5.41) is 3.15. The summed E-state index contributed by atoms with van der Waals surface area (Å²) in [6.45, 7) is 2.34. The fourth-order valence-electron chi connectivity index (χ4n) is 2.87. The van der Waals surface area contributed by atoms with Crippen molar-refractivity contribution < 1.29 is 0 Å². The van der Waals surface area contributed by atoms with Crippen LogP contribution in [0.3, 0.4) is 0 Å². The van der Waals surface area contributed by atoms with Gasteiger partial charge in [-0.05, 0) is 37.1 Å². The lowest BCUT2D eigenvalue weighted by Crippen LogP contribution is -2.17. The van der Waals surface area contributed by atoms with Crippen LogP contribution in [0.15, 0.2) is 54.2 Å². The Hall–Kier alpha value is -2.20. The molecule has 0 unspecified atom stereocenters. The molecule has 0 bridgehead atoms. The first-order valence-electron chi connectivity index (χ1n) is 7.61. The number of pyridine rings is 1. The number of aromatic nitrogens is 2. The molecule has 2 aromatic heterocycles. The normalized spacial score (nSPS) is 14.5. The molecular weight excluding hydrogens is 290 g/mol. The number of benzene rings is 1. The SMILES string of the molecule is c1cncc(-c2nc(-c3cccc(N4CCCC4)c3)cs2)c1. The molecular formula is C18H17N3S. The summed E-state index contributed by atoms with van der Waals surface area (Å²) < 4.78 is 0. The number of rotatable bonds is 3. The number of hydrogen-bond acceptors (Lipinski definition) is 4. The van der Waals surface area contributed by atoms with Crippen LogP contribution in [0.25, 0.3) is 21.8 Å². The van der Waals surface area contributed by atoms with Gasteiger partial charge in [0.2, 0.25) is 0 Å². The van der Waals surface area contributed by atoms with Gasteiger partial charge in [-0.25, -0.2) is 4.98 Å². The molecule has 0 atom stereocenters. The van der Waals surface area contributed by atoms with Crippen molar-refractivity contribution >= 4 is 17.0 Å². The minimum absolute atomic E-state index is 1.02. The summed E-state index contributed by atoms with van der Waals surface area (Å²) in [7, 11) is 0. The highest BCUT2D eigenvalue weighted by Crippen LogP contribution is 2.31. The second-order valence-corrected chi connectivity index (χ2v) is 6.38. The van der Waals surface area contributed by atoms with E-state index in [0.717, 1.165) is 16.3 Å². The first kappa shape index (κ1) is 13.5. The van der Waals surface area contributed by atoms with Crippen LogP contribution < -0.4 is 4.90 Å². The first-order valence-corrected chi connectivity index (χ1v) is 8.49. The van der Waals surface area contributed by atoms with E-state index in [9.17, 15) is 0 Å². The van der Waals surface area contributed by atoms with E-state index in [2.05, 4.69) is 45.6 Å². The largest absolute Gasteiger partial charge is 0.372 e. The van der Waals surface area contributed by atoms with Gasteiger partial charge in [-0.3, -0.25) is 4.98 Å². The average molecular weight is 307 g/mol. The molecule has 0 spiro atoms. The third-order valence-electron chi connectivity index (χ3n) is 4.03. The van der Waals surface area contributed by atoms with Gasteiger partial charge in [0.25, 0.3) is 0 Å². The molecule has 0 N–H and O–H groups in total. The molecule has 0 saturated carbocycles. The quantitative estimate of drug-likeness (QED) is 0.715. The van der Waals surface area contributed by atoms with Crippen molar-refractivity contribution in [3.63, 3.8) is 0 Å². The zero-order valence-corrected chi connectivity index (χ0v) is 13.1. The lowest BCUT2D eigenvalue weighted by molar-refractivity contribution is 0.949. The van der Waals surface area contributed by atoms with Gasteiger partial charge in [0.05, 0.1) is 5.69 Å². The van der Waals surface area contributed by atoms with Gasteiger partial charge in [0.1, 0.15) is 5.01 Å². The fourth-order valence-corrected chi connectivity index (χ4v) is 3.69. The van der Waals surface area contributed by atoms with E-state index in [1.165, 1.54) is 37.2 Å². The summed E-state index contributed by atoms with van der Waals surface area (Å²) in [5.74, 6) is 0. The van der Waals surface area contributed by atoms with Gasteiger partial charge in [0, 0.05) is 47.7 Å². The van der Waals surface area contributed by atoms with Crippen LogP contribution in [0.2, 0.25) is 0 Å². The molecule has 1 fully saturated rings. The maximum atomic E-state index is 4.78. The second kappa shape index (κ2) is 5.89. The van der Waals surface area contributed by atoms with Crippen molar-refractivity contribution in [2.24, 2.45) is 0 Å². The smallest absolute Gasteiger partial charge is 0.125 e. The average Bonchev–Trinajstić information content (AvgIpc) is 3.28. The van der Waals surface area contributed by atoms with Crippen LogP contribution in [0.1, 0.15) is 12.8 Å². The minimum Gasteiger partial charge on any atom is -0.372 e. The third-order valence-corrected chi connectivity index (χ3v) is 4.92. The van der Waals surface area contributed by atoms with E-state index in [1.807, 2.05) is 12.3 Å². The van der Waals surface area contributed by atoms with Crippen molar-refractivity contribution in [2.75, 3.05) is 18.0 Å². The van der Waals surface area contributed by atoms with Crippen LogP contribution >= 0.6 is 11.3 Å². The Morgan fingerprint density at radius 3 is 2.68 bits per heavy atom. The van der Waals surface area contributed by atoms with Crippen molar-refractivity contribution in [2.45, 2.75) is 12.8 Å². The van der Waals surface area contributed by atoms with Gasteiger partial charge in [-0.1, -0.05) is 12.1 Å². The summed E-state index contributed by atoms with van der Waals surface area (Å²) >= 11 is 1.67. The molecule has 0 aliphatic carbocycles. The Kier molecular flexibility index (Phi) is 3.60. The van der Waals surface area contributed by atoms with Crippen LogP contribution in [-0.2, 0) is 0 Å². The molecule has 0 amide bonds. The number of nitrogens with zero attached hydrogens (tertiary/aromatic N) is 3. The van der Waals surface area contributed by atoms with Gasteiger partial charge in [-0.2, -0.15) is 0 Å². The lowest BCUT2D eigenvalue weighted by Gasteiger charge is -2.17. The topological polar surface area (TPSA) is 29.0 Å². The van der Waals surface area contributed by atoms with Gasteiger partial charge in [0.15, 0.2) is 0 Å². The summed E-state index contributed by atoms with van der Waals surface area (Å²) in [5.41, 5.74) is 4.63. The standard InChI is InChI=1S/C18H17N3S/c1-2-10-21(9-1)16-7-3-5-14(11-16)17-13-22-18(20-17)15-6-4-8-19-12-15/h3-8,11-13H,1-2,9-10H2. The van der Waals surface area contributed by atoms with E-state index < -0.39 is 0 Å². The maximum Gasteiger partial charge on any atom is 0.125 e. The van der Waals surface area contributed by atoms with Crippen molar-refractivity contribution in [1.82, 2.24) is 9.97 Å². The summed E-state index contributed by atoms with van der Waals surface area (Å²) in [6, 6.07) is 12.7. The predicted octanol–water partition coefficient (Wildman–Crippen LogP) is 4.47. The summed E-state index contributed by atoms with van der Waals surface area (Å²) in [6.07, 6.45) is 6.25. The van der Waals surface area contributed by atoms with E-state index >= 15 is 0 Å². The van der Waals surface area contributed by atoms with E-state index in [-0.39, 0.29) is 0 Å². The predicted molar refractivity (Wildman–Crippen MR) is 92.2 cm³/mol. The molecule has 4 rings (SSSR count). The molecule has 1 aromatic carbocycles. The molecule has 1 saturated heterocycles. The van der Waals surface area contributed by atoms with Gasteiger partial charge < -0.3 is 4.90 Å². The second-order valence-electron chi connectivity index (χ2n) is 5.52. The Balaban J connectivity index is 1.65. The van der Waals surface area contributed by atoms with Crippen molar-refractivity contribution in [3.05, 3.63) is 54.2 Å². The van der Waals surface area contributed by atoms with E-state index in [1.54, 1.807) is 17.5 Å². The number of thiazole rings is 1. The molecule has 3 aromatic rings. The highest BCUT2D eigenvalue weighted by molar-refractivity contribution is 7.13. The molecule has 110 valence electrons. The van der Waals surface area contributed by atoms with Crippen molar-refractivity contribution in [3.8, 4) is 21.8 Å². The van der Waals surface area contributed by atoms with E-state index in [0.29, 0.717) is 0 Å². The Bertz CT molecular complexity index is 761. The van der Waals surface area contributed by atoms with Crippen LogP contribution in [0.4, 0.5) is 5.69 Å². The van der Waals surface area contributed by atoms with E-state index in [4.69, 9.17) is 4.98 Å². The summed E-state index contributed by atoms with van der Waals surface area (Å²) in [4.78, 5) is 11.4.